The molecular weight excluding hydrogens is 268 g/mol. The molecule has 0 heterocycles. The van der Waals surface area contributed by atoms with Gasteiger partial charge in [-0.3, -0.25) is 0 Å². The Morgan fingerprint density at radius 2 is 2.12 bits per heavy atom. The van der Waals surface area contributed by atoms with Crippen LogP contribution in [-0.4, -0.2) is 17.8 Å². The number of halogens is 1. The third-order valence-electron chi connectivity index (χ3n) is 2.48. The summed E-state index contributed by atoms with van der Waals surface area (Å²) in [7, 11) is 0. The van der Waals surface area contributed by atoms with E-state index in [1.165, 1.54) is 0 Å². The van der Waals surface area contributed by atoms with E-state index in [0.29, 0.717) is 12.5 Å². The van der Waals surface area contributed by atoms with E-state index in [4.69, 9.17) is 4.74 Å². The van der Waals surface area contributed by atoms with E-state index in [0.717, 1.165) is 23.1 Å². The number of ether oxygens (including phenoxy) is 1. The molecule has 90 valence electrons. The second-order valence-electron chi connectivity index (χ2n) is 4.26. The van der Waals surface area contributed by atoms with Crippen LogP contribution in [0, 0.1) is 5.92 Å². The molecule has 0 fully saturated rings. The van der Waals surface area contributed by atoms with Crippen LogP contribution in [0.3, 0.4) is 0 Å². The minimum absolute atomic E-state index is 0.217. The summed E-state index contributed by atoms with van der Waals surface area (Å²) in [5.41, 5.74) is 0. The van der Waals surface area contributed by atoms with Crippen LogP contribution in [0.2, 0.25) is 0 Å². The second kappa shape index (κ2) is 6.92. The van der Waals surface area contributed by atoms with Crippen LogP contribution < -0.4 is 4.74 Å². The number of aliphatic hydroxyl groups is 1. The van der Waals surface area contributed by atoms with E-state index in [-0.39, 0.29) is 6.10 Å². The molecule has 1 unspecified atom stereocenters. The van der Waals surface area contributed by atoms with E-state index in [9.17, 15) is 5.11 Å². The lowest BCUT2D eigenvalue weighted by Gasteiger charge is -2.14. The number of hydrogen-bond acceptors (Lipinski definition) is 2. The highest BCUT2D eigenvalue weighted by Gasteiger charge is 2.08. The minimum atomic E-state index is -0.217. The molecule has 0 radical (unpaired) electrons. The molecule has 0 aliphatic carbocycles. The van der Waals surface area contributed by atoms with Gasteiger partial charge in [0.25, 0.3) is 0 Å². The van der Waals surface area contributed by atoms with Crippen molar-refractivity contribution in [3.05, 3.63) is 28.7 Å². The SMILES string of the molecule is CC(C)C(O)CCCOc1cccc(Br)c1. The maximum Gasteiger partial charge on any atom is 0.120 e. The second-order valence-corrected chi connectivity index (χ2v) is 5.18. The molecule has 0 saturated carbocycles. The molecule has 2 nitrogen and oxygen atoms in total. The number of rotatable bonds is 6. The molecule has 1 N–H and O–H groups in total. The molecule has 3 heteroatoms. The van der Waals surface area contributed by atoms with Gasteiger partial charge in [0.2, 0.25) is 0 Å². The summed E-state index contributed by atoms with van der Waals surface area (Å²) in [5, 5.41) is 9.60. The average Bonchev–Trinajstić information content (AvgIpc) is 2.24. The van der Waals surface area contributed by atoms with Crippen LogP contribution in [0.15, 0.2) is 28.7 Å². The molecule has 0 aliphatic rings. The summed E-state index contributed by atoms with van der Waals surface area (Å²) < 4.78 is 6.60. The zero-order valence-electron chi connectivity index (χ0n) is 9.82. The lowest BCUT2D eigenvalue weighted by molar-refractivity contribution is 0.108. The maximum atomic E-state index is 9.60. The van der Waals surface area contributed by atoms with Crippen LogP contribution in [-0.2, 0) is 0 Å². The van der Waals surface area contributed by atoms with Gasteiger partial charge in [-0.15, -0.1) is 0 Å². The van der Waals surface area contributed by atoms with Crippen LogP contribution in [0.4, 0.5) is 0 Å². The van der Waals surface area contributed by atoms with E-state index in [1.54, 1.807) is 0 Å². The van der Waals surface area contributed by atoms with E-state index in [2.05, 4.69) is 15.9 Å². The quantitative estimate of drug-likeness (QED) is 0.810. The Labute approximate surface area is 106 Å². The zero-order valence-corrected chi connectivity index (χ0v) is 11.4. The predicted octanol–water partition coefficient (Wildman–Crippen LogP) is 3.63. The first kappa shape index (κ1) is 13.5. The van der Waals surface area contributed by atoms with Crippen molar-refractivity contribution in [2.45, 2.75) is 32.8 Å². The normalized spacial score (nSPS) is 12.8. The van der Waals surface area contributed by atoms with Gasteiger partial charge in [-0.2, -0.15) is 0 Å². The van der Waals surface area contributed by atoms with Crippen molar-refractivity contribution in [1.29, 1.82) is 0 Å². The molecule has 1 aromatic carbocycles. The van der Waals surface area contributed by atoms with Crippen LogP contribution in [0.25, 0.3) is 0 Å². The zero-order chi connectivity index (χ0) is 12.0. The summed E-state index contributed by atoms with van der Waals surface area (Å²) in [6.07, 6.45) is 1.46. The smallest absolute Gasteiger partial charge is 0.120 e. The van der Waals surface area contributed by atoms with E-state index in [1.807, 2.05) is 38.1 Å². The van der Waals surface area contributed by atoms with Crippen molar-refractivity contribution in [2.24, 2.45) is 5.92 Å². The van der Waals surface area contributed by atoms with Crippen molar-refractivity contribution in [3.8, 4) is 5.75 Å². The predicted molar refractivity (Wildman–Crippen MR) is 69.7 cm³/mol. The average molecular weight is 287 g/mol. The molecule has 1 aromatic rings. The molecule has 0 aromatic heterocycles. The van der Waals surface area contributed by atoms with Gasteiger partial charge in [0.05, 0.1) is 12.7 Å². The number of aliphatic hydroxyl groups excluding tert-OH is 1. The van der Waals surface area contributed by atoms with Crippen LogP contribution >= 0.6 is 15.9 Å². The lowest BCUT2D eigenvalue weighted by Crippen LogP contribution is -2.15. The largest absolute Gasteiger partial charge is 0.494 e. The molecule has 0 saturated heterocycles. The highest BCUT2D eigenvalue weighted by atomic mass is 79.9. The highest BCUT2D eigenvalue weighted by Crippen LogP contribution is 2.18. The summed E-state index contributed by atoms with van der Waals surface area (Å²) in [6, 6.07) is 7.79. The molecule has 1 atom stereocenters. The third kappa shape index (κ3) is 4.99. The highest BCUT2D eigenvalue weighted by molar-refractivity contribution is 9.10. The molecule has 0 amide bonds. The van der Waals surface area contributed by atoms with Gasteiger partial charge in [0, 0.05) is 4.47 Å². The summed E-state index contributed by atoms with van der Waals surface area (Å²) in [4.78, 5) is 0. The van der Waals surface area contributed by atoms with Gasteiger partial charge in [-0.25, -0.2) is 0 Å². The molecule has 0 spiro atoms. The van der Waals surface area contributed by atoms with Gasteiger partial charge < -0.3 is 9.84 Å². The van der Waals surface area contributed by atoms with Crippen LogP contribution in [0.1, 0.15) is 26.7 Å². The number of benzene rings is 1. The van der Waals surface area contributed by atoms with Gasteiger partial charge >= 0.3 is 0 Å². The minimum Gasteiger partial charge on any atom is -0.494 e. The Morgan fingerprint density at radius 1 is 1.38 bits per heavy atom. The standard InChI is InChI=1S/C13H19BrO2/c1-10(2)13(15)7-4-8-16-12-6-3-5-11(14)9-12/h3,5-6,9-10,13,15H,4,7-8H2,1-2H3. The topological polar surface area (TPSA) is 29.5 Å². The molecule has 1 rings (SSSR count). The molecule has 0 bridgehead atoms. The molecule has 16 heavy (non-hydrogen) atoms. The Bertz CT molecular complexity index is 313. The van der Waals surface area contributed by atoms with Crippen molar-refractivity contribution in [2.75, 3.05) is 6.61 Å². The van der Waals surface area contributed by atoms with Crippen molar-refractivity contribution in [3.63, 3.8) is 0 Å². The Hall–Kier alpha value is -0.540. The summed E-state index contributed by atoms with van der Waals surface area (Å²) in [5.74, 6) is 1.19. The fraction of sp³-hybridized carbons (Fsp3) is 0.538. The van der Waals surface area contributed by atoms with Crippen molar-refractivity contribution in [1.82, 2.24) is 0 Å². The maximum absolute atomic E-state index is 9.60. The lowest BCUT2D eigenvalue weighted by atomic mass is 10.0. The van der Waals surface area contributed by atoms with Gasteiger partial charge in [0.1, 0.15) is 5.75 Å². The summed E-state index contributed by atoms with van der Waals surface area (Å²) >= 11 is 3.39. The van der Waals surface area contributed by atoms with Crippen molar-refractivity contribution < 1.29 is 9.84 Å². The fourth-order valence-electron chi connectivity index (χ4n) is 1.37. The number of hydrogen-bond donors (Lipinski definition) is 1. The first-order valence-electron chi connectivity index (χ1n) is 5.66. The van der Waals surface area contributed by atoms with E-state index < -0.39 is 0 Å². The third-order valence-corrected chi connectivity index (χ3v) is 2.97. The fourth-order valence-corrected chi connectivity index (χ4v) is 1.75. The first-order valence-corrected chi connectivity index (χ1v) is 6.45. The molecular formula is C13H19BrO2. The van der Waals surface area contributed by atoms with Gasteiger partial charge in [-0.05, 0) is 37.0 Å². The molecule has 0 aliphatic heterocycles. The van der Waals surface area contributed by atoms with Gasteiger partial charge in [-0.1, -0.05) is 35.8 Å². The Kier molecular flexibility index (Phi) is 5.85. The Balaban J connectivity index is 2.21. The Morgan fingerprint density at radius 3 is 2.75 bits per heavy atom. The van der Waals surface area contributed by atoms with Crippen molar-refractivity contribution >= 4 is 15.9 Å². The van der Waals surface area contributed by atoms with E-state index >= 15 is 0 Å². The van der Waals surface area contributed by atoms with Gasteiger partial charge in [0.15, 0.2) is 0 Å². The first-order chi connectivity index (χ1) is 7.59. The monoisotopic (exact) mass is 286 g/mol. The summed E-state index contributed by atoms with van der Waals surface area (Å²) in [6.45, 7) is 4.71. The van der Waals surface area contributed by atoms with Crippen LogP contribution in [0.5, 0.6) is 5.75 Å².